The normalized spacial score (nSPS) is 20.0. The average Bonchev–Trinajstić information content (AvgIpc) is 3.01. The van der Waals surface area contributed by atoms with Gasteiger partial charge in [-0.1, -0.05) is 0 Å². The molecule has 0 aliphatic carbocycles. The Hall–Kier alpha value is -1.49. The van der Waals surface area contributed by atoms with Gasteiger partial charge in [-0.05, 0) is 12.3 Å². The van der Waals surface area contributed by atoms with Crippen molar-refractivity contribution >= 4 is 36.5 Å². The molecule has 0 spiro atoms. The number of hydrogen-bond acceptors (Lipinski definition) is 4. The zero-order valence-electron chi connectivity index (χ0n) is 11.4. The predicted molar refractivity (Wildman–Crippen MR) is 84.1 cm³/mol. The third-order valence-corrected chi connectivity index (χ3v) is 3.26. The van der Waals surface area contributed by atoms with Crippen molar-refractivity contribution in [3.05, 3.63) is 11.3 Å². The van der Waals surface area contributed by atoms with Crippen LogP contribution in [0, 0.1) is 12.3 Å². The zero-order chi connectivity index (χ0) is 14.0. The van der Waals surface area contributed by atoms with Gasteiger partial charge in [0.05, 0.1) is 6.04 Å². The molecule has 2 rings (SSSR count). The second-order valence-electron chi connectivity index (χ2n) is 4.42. The summed E-state index contributed by atoms with van der Waals surface area (Å²) in [4.78, 5) is 11.5. The monoisotopic (exact) mass is 337 g/mol. The molecule has 1 saturated heterocycles. The first-order chi connectivity index (χ1) is 9.12. The summed E-state index contributed by atoms with van der Waals surface area (Å²) in [6, 6.07) is -0.242. The largest absolute Gasteiger partial charge is 0.373 e. The van der Waals surface area contributed by atoms with Crippen molar-refractivity contribution < 1.29 is 9.18 Å². The van der Waals surface area contributed by atoms with Crippen LogP contribution in [0.1, 0.15) is 28.5 Å². The van der Waals surface area contributed by atoms with Crippen LogP contribution in [0.25, 0.3) is 0 Å². The number of amides is 1. The Morgan fingerprint density at radius 3 is 2.76 bits per heavy atom. The number of aromatic nitrogens is 2. The van der Waals surface area contributed by atoms with Crippen LogP contribution in [-0.2, 0) is 0 Å². The molecule has 2 atom stereocenters. The van der Waals surface area contributed by atoms with Crippen molar-refractivity contribution in [2.45, 2.75) is 18.5 Å². The number of terminal acetylenes is 1. The van der Waals surface area contributed by atoms with Gasteiger partial charge in [0.2, 0.25) is 0 Å². The van der Waals surface area contributed by atoms with Crippen LogP contribution >= 0.6 is 24.8 Å². The highest BCUT2D eigenvalue weighted by molar-refractivity contribution is 6.00. The number of nitrogens with zero attached hydrogens (tertiary/aromatic N) is 2. The van der Waals surface area contributed by atoms with Gasteiger partial charge in [0.25, 0.3) is 5.91 Å². The molecule has 4 N–H and O–H groups in total. The van der Waals surface area contributed by atoms with E-state index in [1.165, 1.54) is 0 Å². The van der Waals surface area contributed by atoms with Gasteiger partial charge in [-0.3, -0.25) is 4.79 Å². The Kier molecular flexibility index (Phi) is 7.50. The van der Waals surface area contributed by atoms with E-state index in [2.05, 4.69) is 21.7 Å². The second-order valence-corrected chi connectivity index (χ2v) is 4.42. The molecule has 21 heavy (non-hydrogen) atoms. The Bertz CT molecular complexity index is 542. The van der Waals surface area contributed by atoms with Crippen molar-refractivity contribution in [3.63, 3.8) is 0 Å². The van der Waals surface area contributed by atoms with E-state index in [1.54, 1.807) is 11.7 Å². The summed E-state index contributed by atoms with van der Waals surface area (Å²) in [6.45, 7) is 0.143. The summed E-state index contributed by atoms with van der Waals surface area (Å²) in [6.07, 6.45) is 5.93. The number of nitrogens with one attached hydrogen (secondary N) is 2. The maximum Gasteiger partial charge on any atom is 0.255 e. The minimum atomic E-state index is -0.628. The Balaban J connectivity index is 0.00000200. The van der Waals surface area contributed by atoms with Crippen LogP contribution < -0.4 is 16.4 Å². The molecule has 0 saturated carbocycles. The maximum atomic E-state index is 12.6. The van der Waals surface area contributed by atoms with Crippen LogP contribution in [0.4, 0.5) is 10.2 Å². The Morgan fingerprint density at radius 1 is 1.67 bits per heavy atom. The molecular formula is C12H18Cl2FN5O. The van der Waals surface area contributed by atoms with Crippen molar-refractivity contribution in [1.29, 1.82) is 0 Å². The summed E-state index contributed by atoms with van der Waals surface area (Å²) in [5.74, 6) is 2.20. The molecule has 118 valence electrons. The number of rotatable bonds is 4. The second kappa shape index (κ2) is 8.08. The Labute approximate surface area is 134 Å². The lowest BCUT2D eigenvalue weighted by Gasteiger charge is -2.13. The van der Waals surface area contributed by atoms with Crippen molar-refractivity contribution in [2.75, 3.05) is 25.6 Å². The molecular weight excluding hydrogens is 320 g/mol. The topological polar surface area (TPSA) is 85.0 Å². The van der Waals surface area contributed by atoms with Gasteiger partial charge in [0.15, 0.2) is 0 Å². The van der Waals surface area contributed by atoms with E-state index in [4.69, 9.17) is 12.2 Å². The van der Waals surface area contributed by atoms with Crippen molar-refractivity contribution in [3.8, 4) is 12.3 Å². The van der Waals surface area contributed by atoms with Crippen LogP contribution in [-0.4, -0.2) is 42.0 Å². The van der Waals surface area contributed by atoms with E-state index in [9.17, 15) is 9.18 Å². The van der Waals surface area contributed by atoms with Crippen LogP contribution in [0.3, 0.4) is 0 Å². The van der Waals surface area contributed by atoms with E-state index in [1.807, 2.05) is 0 Å². The van der Waals surface area contributed by atoms with E-state index in [-0.39, 0.29) is 48.2 Å². The molecule has 1 aromatic rings. The lowest BCUT2D eigenvalue weighted by Crippen LogP contribution is -2.23. The molecule has 9 heteroatoms. The fraction of sp³-hybridized carbons (Fsp3) is 0.500. The number of primary amides is 1. The number of carbonyl (C=O) groups is 1. The Morgan fingerprint density at radius 2 is 2.33 bits per heavy atom. The van der Waals surface area contributed by atoms with Crippen LogP contribution in [0.5, 0.6) is 0 Å². The van der Waals surface area contributed by atoms with E-state index in [0.717, 1.165) is 0 Å². The molecule has 1 aliphatic rings. The first-order valence-corrected chi connectivity index (χ1v) is 5.98. The highest BCUT2D eigenvalue weighted by Gasteiger charge is 2.30. The summed E-state index contributed by atoms with van der Waals surface area (Å²) in [7, 11) is 1.66. The number of anilines is 1. The van der Waals surface area contributed by atoms with Crippen LogP contribution in [0.15, 0.2) is 0 Å². The maximum absolute atomic E-state index is 12.6. The van der Waals surface area contributed by atoms with Gasteiger partial charge in [0, 0.05) is 19.6 Å². The molecule has 1 amide bonds. The van der Waals surface area contributed by atoms with E-state index < -0.39 is 12.6 Å². The number of carbonyl (C=O) groups excluding carboxylic acids is 1. The summed E-state index contributed by atoms with van der Waals surface area (Å²) in [5.41, 5.74) is 5.74. The number of halogens is 3. The smallest absolute Gasteiger partial charge is 0.255 e. The average molecular weight is 338 g/mol. The van der Waals surface area contributed by atoms with Crippen molar-refractivity contribution in [2.24, 2.45) is 5.73 Å². The number of nitrogens with two attached hydrogens (primary N) is 1. The minimum Gasteiger partial charge on any atom is -0.373 e. The molecule has 1 fully saturated rings. The molecule has 1 aromatic heterocycles. The van der Waals surface area contributed by atoms with Crippen molar-refractivity contribution in [1.82, 2.24) is 15.1 Å². The quantitative estimate of drug-likeness (QED) is 0.707. The number of hydrogen-bond donors (Lipinski definition) is 3. The van der Waals surface area contributed by atoms with Gasteiger partial charge in [0.1, 0.15) is 23.7 Å². The lowest BCUT2D eigenvalue weighted by molar-refractivity contribution is 0.100. The number of alkyl halides is 1. The zero-order valence-corrected chi connectivity index (χ0v) is 13.1. The summed E-state index contributed by atoms with van der Waals surface area (Å²) >= 11 is 0. The van der Waals surface area contributed by atoms with Crippen LogP contribution in [0.2, 0.25) is 0 Å². The summed E-state index contributed by atoms with van der Waals surface area (Å²) in [5, 5.41) is 10.2. The lowest BCUT2D eigenvalue weighted by atomic mass is 10.2. The van der Waals surface area contributed by atoms with Gasteiger partial charge >= 0.3 is 0 Å². The summed E-state index contributed by atoms with van der Waals surface area (Å²) < 4.78 is 14.3. The molecule has 0 unspecified atom stereocenters. The fourth-order valence-corrected chi connectivity index (χ4v) is 2.37. The molecule has 2 heterocycles. The van der Waals surface area contributed by atoms with E-state index in [0.29, 0.717) is 18.8 Å². The van der Waals surface area contributed by atoms with E-state index >= 15 is 0 Å². The predicted octanol–water partition coefficient (Wildman–Crippen LogP) is 0.721. The molecule has 1 aliphatic heterocycles. The minimum absolute atomic E-state index is 0. The first-order valence-electron chi connectivity index (χ1n) is 5.98. The SMILES string of the molecule is C#Cc1nn([C@@H]2CN[C@H](CF)C2)c(NC)c1C(N)=O.Cl.Cl. The highest BCUT2D eigenvalue weighted by Crippen LogP contribution is 2.27. The standard InChI is InChI=1S/C12H16FN5O.2ClH/c1-3-9-10(11(14)19)12(15-2)18(17-9)8-4-7(5-13)16-6-8;;/h1,7-8,15-16H,4-6H2,2H3,(H2,14,19);2*1H/t7-,8-;;/m0../s1. The molecule has 0 bridgehead atoms. The van der Waals surface area contributed by atoms with Gasteiger partial charge in [-0.15, -0.1) is 31.2 Å². The van der Waals surface area contributed by atoms with Gasteiger partial charge < -0.3 is 16.4 Å². The molecule has 6 nitrogen and oxygen atoms in total. The third-order valence-electron chi connectivity index (χ3n) is 3.26. The molecule has 0 aromatic carbocycles. The van der Waals surface area contributed by atoms with Gasteiger partial charge in [-0.25, -0.2) is 9.07 Å². The third kappa shape index (κ3) is 3.59. The fourth-order valence-electron chi connectivity index (χ4n) is 2.37. The first kappa shape index (κ1) is 19.5. The highest BCUT2D eigenvalue weighted by atomic mass is 35.5. The van der Waals surface area contributed by atoms with Gasteiger partial charge in [-0.2, -0.15) is 5.10 Å². The molecule has 0 radical (unpaired) electrons.